The topological polar surface area (TPSA) is 237 Å². The standard InChI is InChI=1S/C90H176O17P2/c1-7-10-12-14-16-18-20-21-22-25-33-38-44-50-56-62-68-74-89(94)106-85(78-100-87(92)72-66-60-54-48-40-19-17-15-13-11-8-2)80-104-108(96,97)102-76-84(91)77-103-109(98,99)105-81-86(79-101-88(93)73-67-61-55-49-43-37-32-29-28-30-35-41-46-52-58-64-70-82(4)5)107-90(95)75-69-63-57-51-45-39-34-27-24-23-26-31-36-42-47-53-59-65-71-83(6)9-3/h82-86,91H,7-81H2,1-6H3,(H,96,97)(H,98,99)/t83?,84-,85+,86+/m0/s1. The minimum Gasteiger partial charge on any atom is -0.462 e. The maximum atomic E-state index is 13.2. The number of hydrogen-bond donors (Lipinski definition) is 3. The van der Waals surface area contributed by atoms with E-state index in [2.05, 4.69) is 41.5 Å². The van der Waals surface area contributed by atoms with Gasteiger partial charge in [0.25, 0.3) is 0 Å². The zero-order chi connectivity index (χ0) is 79.9. The lowest BCUT2D eigenvalue weighted by atomic mass is 9.99. The van der Waals surface area contributed by atoms with Gasteiger partial charge in [-0.05, 0) is 37.5 Å². The molecule has 109 heavy (non-hydrogen) atoms. The number of rotatable bonds is 89. The van der Waals surface area contributed by atoms with Crippen LogP contribution in [0, 0.1) is 11.8 Å². The number of unbranched alkanes of at least 4 members (excludes halogenated alkanes) is 58. The van der Waals surface area contributed by atoms with Gasteiger partial charge < -0.3 is 33.8 Å². The van der Waals surface area contributed by atoms with E-state index < -0.39 is 97.5 Å². The van der Waals surface area contributed by atoms with Crippen LogP contribution in [0.15, 0.2) is 0 Å². The van der Waals surface area contributed by atoms with Crippen molar-refractivity contribution >= 4 is 39.5 Å². The van der Waals surface area contributed by atoms with Crippen LogP contribution in [-0.4, -0.2) is 96.7 Å². The molecule has 0 aliphatic rings. The number of hydrogen-bond acceptors (Lipinski definition) is 15. The van der Waals surface area contributed by atoms with Crippen LogP contribution >= 0.6 is 15.6 Å². The monoisotopic (exact) mass is 1590 g/mol. The highest BCUT2D eigenvalue weighted by molar-refractivity contribution is 7.47. The third-order valence-corrected chi connectivity index (χ3v) is 23.5. The van der Waals surface area contributed by atoms with Crippen molar-refractivity contribution in [1.29, 1.82) is 0 Å². The summed E-state index contributed by atoms with van der Waals surface area (Å²) in [6.45, 7) is 9.80. The van der Waals surface area contributed by atoms with Gasteiger partial charge in [0.1, 0.15) is 19.3 Å². The van der Waals surface area contributed by atoms with Crippen LogP contribution in [0.2, 0.25) is 0 Å². The van der Waals surface area contributed by atoms with Gasteiger partial charge in [-0.1, -0.05) is 433 Å². The summed E-state index contributed by atoms with van der Waals surface area (Å²) in [6, 6.07) is 0. The van der Waals surface area contributed by atoms with E-state index in [0.717, 1.165) is 102 Å². The molecule has 0 spiro atoms. The van der Waals surface area contributed by atoms with Gasteiger partial charge in [-0.2, -0.15) is 0 Å². The fourth-order valence-electron chi connectivity index (χ4n) is 14.1. The Balaban J connectivity index is 5.23. The maximum absolute atomic E-state index is 13.2. The van der Waals surface area contributed by atoms with Gasteiger partial charge in [0.2, 0.25) is 0 Å². The Kier molecular flexibility index (Phi) is 79.8. The summed E-state index contributed by atoms with van der Waals surface area (Å²) in [5.74, 6) is -0.412. The van der Waals surface area contributed by atoms with Crippen LogP contribution in [0.4, 0.5) is 0 Å². The van der Waals surface area contributed by atoms with E-state index in [1.165, 1.54) is 302 Å². The minimum absolute atomic E-state index is 0.109. The molecule has 17 nitrogen and oxygen atoms in total. The quantitative estimate of drug-likeness (QED) is 0.0222. The van der Waals surface area contributed by atoms with Crippen molar-refractivity contribution in [2.75, 3.05) is 39.6 Å². The predicted octanol–water partition coefficient (Wildman–Crippen LogP) is 27.8. The van der Waals surface area contributed by atoms with Gasteiger partial charge >= 0.3 is 39.5 Å². The zero-order valence-corrected chi connectivity index (χ0v) is 73.7. The molecule has 0 aromatic heterocycles. The van der Waals surface area contributed by atoms with Crippen LogP contribution in [0.5, 0.6) is 0 Å². The molecule has 3 unspecified atom stereocenters. The van der Waals surface area contributed by atoms with Crippen LogP contribution in [0.25, 0.3) is 0 Å². The van der Waals surface area contributed by atoms with Crippen molar-refractivity contribution in [2.45, 2.75) is 503 Å². The number of phosphoric ester groups is 2. The average Bonchev–Trinajstić information content (AvgIpc) is 0.898. The third-order valence-electron chi connectivity index (χ3n) is 21.6. The third kappa shape index (κ3) is 82.4. The van der Waals surface area contributed by atoms with E-state index in [0.29, 0.717) is 25.7 Å². The summed E-state index contributed by atoms with van der Waals surface area (Å²) in [4.78, 5) is 73.4. The summed E-state index contributed by atoms with van der Waals surface area (Å²) < 4.78 is 69.0. The molecule has 6 atom stereocenters. The first-order chi connectivity index (χ1) is 52.9. The second-order valence-electron chi connectivity index (χ2n) is 33.1. The lowest BCUT2D eigenvalue weighted by molar-refractivity contribution is -0.161. The first-order valence-corrected chi connectivity index (χ1v) is 49.5. The Morgan fingerprint density at radius 1 is 0.266 bits per heavy atom. The van der Waals surface area contributed by atoms with E-state index in [1.807, 2.05) is 0 Å². The molecule has 648 valence electrons. The molecule has 0 heterocycles. The molecule has 0 aliphatic heterocycles. The van der Waals surface area contributed by atoms with Crippen molar-refractivity contribution in [3.63, 3.8) is 0 Å². The SMILES string of the molecule is CCCCCCCCCCCCCCCCCCCC(=O)O[C@H](COC(=O)CCCCCCCCCCCCC)COP(=O)(O)OC[C@H](O)COP(=O)(O)OC[C@@H](COC(=O)CCCCCCCCCCCCCCCCCCC(C)C)OC(=O)CCCCCCCCCCCCCCCCCCCCC(C)CC. The molecule has 3 N–H and O–H groups in total. The highest BCUT2D eigenvalue weighted by Crippen LogP contribution is 2.45. The highest BCUT2D eigenvalue weighted by Gasteiger charge is 2.31. The molecular formula is C90H176O17P2. The molecular weight excluding hydrogens is 1410 g/mol. The first kappa shape index (κ1) is 107. The molecule has 0 rings (SSSR count). The van der Waals surface area contributed by atoms with Gasteiger partial charge in [0.15, 0.2) is 12.2 Å². The van der Waals surface area contributed by atoms with Gasteiger partial charge in [0, 0.05) is 25.7 Å². The Bertz CT molecular complexity index is 2080. The normalized spacial score (nSPS) is 14.0. The maximum Gasteiger partial charge on any atom is 0.472 e. The molecule has 0 aromatic carbocycles. The van der Waals surface area contributed by atoms with Crippen LogP contribution < -0.4 is 0 Å². The summed E-state index contributed by atoms with van der Waals surface area (Å²) in [5.41, 5.74) is 0. The number of carbonyl (C=O) groups is 4. The van der Waals surface area contributed by atoms with Gasteiger partial charge in [-0.3, -0.25) is 37.3 Å². The van der Waals surface area contributed by atoms with Crippen molar-refractivity contribution in [3.8, 4) is 0 Å². The molecule has 0 bridgehead atoms. The van der Waals surface area contributed by atoms with Crippen molar-refractivity contribution in [1.82, 2.24) is 0 Å². The number of esters is 4. The molecule has 0 fully saturated rings. The fraction of sp³-hybridized carbons (Fsp3) is 0.956. The molecule has 0 aliphatic carbocycles. The Morgan fingerprint density at radius 3 is 0.697 bits per heavy atom. The predicted molar refractivity (Wildman–Crippen MR) is 451 cm³/mol. The number of aliphatic hydroxyl groups is 1. The summed E-state index contributed by atoms with van der Waals surface area (Å²) in [5, 5.41) is 10.7. The largest absolute Gasteiger partial charge is 0.472 e. The van der Waals surface area contributed by atoms with Crippen molar-refractivity contribution in [2.24, 2.45) is 11.8 Å². The highest BCUT2D eigenvalue weighted by atomic mass is 31.2. The minimum atomic E-state index is -4.97. The summed E-state index contributed by atoms with van der Waals surface area (Å²) >= 11 is 0. The fourth-order valence-corrected chi connectivity index (χ4v) is 15.7. The molecule has 0 amide bonds. The van der Waals surface area contributed by atoms with E-state index in [-0.39, 0.29) is 25.7 Å². The smallest absolute Gasteiger partial charge is 0.462 e. The van der Waals surface area contributed by atoms with E-state index in [4.69, 9.17) is 37.0 Å². The van der Waals surface area contributed by atoms with Gasteiger partial charge in [-0.25, -0.2) is 9.13 Å². The molecule has 0 saturated heterocycles. The summed E-state index contributed by atoms with van der Waals surface area (Å²) in [7, 11) is -9.93. The van der Waals surface area contributed by atoms with E-state index in [1.54, 1.807) is 0 Å². The van der Waals surface area contributed by atoms with Crippen LogP contribution in [0.1, 0.15) is 485 Å². The van der Waals surface area contributed by atoms with Crippen LogP contribution in [-0.2, 0) is 65.4 Å². The summed E-state index contributed by atoms with van der Waals surface area (Å²) in [6.07, 6.45) is 74.9. The van der Waals surface area contributed by atoms with E-state index >= 15 is 0 Å². The Morgan fingerprint density at radius 2 is 0.468 bits per heavy atom. The zero-order valence-electron chi connectivity index (χ0n) is 71.9. The van der Waals surface area contributed by atoms with Gasteiger partial charge in [0.05, 0.1) is 26.4 Å². The number of aliphatic hydroxyl groups excluding tert-OH is 1. The number of ether oxygens (including phenoxy) is 4. The average molecular weight is 1590 g/mol. The molecule has 0 aromatic rings. The number of carbonyl (C=O) groups excluding carboxylic acids is 4. The van der Waals surface area contributed by atoms with E-state index in [9.17, 15) is 43.2 Å². The van der Waals surface area contributed by atoms with Crippen LogP contribution in [0.3, 0.4) is 0 Å². The number of phosphoric acid groups is 2. The second kappa shape index (κ2) is 81.2. The molecule has 19 heteroatoms. The lowest BCUT2D eigenvalue weighted by Gasteiger charge is -2.21. The molecule has 0 radical (unpaired) electrons. The first-order valence-electron chi connectivity index (χ1n) is 46.5. The van der Waals surface area contributed by atoms with Gasteiger partial charge in [-0.15, -0.1) is 0 Å². The van der Waals surface area contributed by atoms with Crippen molar-refractivity contribution < 1.29 is 80.2 Å². The second-order valence-corrected chi connectivity index (χ2v) is 36.0. The van der Waals surface area contributed by atoms with Crippen molar-refractivity contribution in [3.05, 3.63) is 0 Å². The Hall–Kier alpha value is -1.94. The lowest BCUT2D eigenvalue weighted by Crippen LogP contribution is -2.30. The molecule has 0 saturated carbocycles. The Labute approximate surface area is 670 Å².